The molecule has 18 heavy (non-hydrogen) atoms. The van der Waals surface area contributed by atoms with Crippen molar-refractivity contribution in [3.05, 3.63) is 23.8 Å². The molecule has 0 fully saturated rings. The molecule has 104 valence electrons. The Morgan fingerprint density at radius 2 is 1.67 bits per heavy atom. The topological polar surface area (TPSA) is 27.7 Å². The van der Waals surface area contributed by atoms with E-state index in [1.54, 1.807) is 0 Å². The zero-order valence-electron chi connectivity index (χ0n) is 11.9. The van der Waals surface area contributed by atoms with Crippen LogP contribution in [0, 0.1) is 0 Å². The molecule has 3 nitrogen and oxygen atoms in total. The average molecular weight is 270 g/mol. The number of rotatable bonds is 10. The van der Waals surface area contributed by atoms with Gasteiger partial charge in [-0.15, -0.1) is 0 Å². The summed E-state index contributed by atoms with van der Waals surface area (Å²) in [4.78, 5) is 0. The van der Waals surface area contributed by atoms with Gasteiger partial charge in [0.05, 0.1) is 0 Å². The van der Waals surface area contributed by atoms with E-state index in [9.17, 15) is 0 Å². The van der Waals surface area contributed by atoms with Crippen LogP contribution in [0.2, 0.25) is 6.04 Å². The molecular formula is C14H26O3Si. The van der Waals surface area contributed by atoms with E-state index in [1.807, 2.05) is 20.8 Å². The van der Waals surface area contributed by atoms with Gasteiger partial charge < -0.3 is 13.3 Å². The Morgan fingerprint density at radius 3 is 2.11 bits per heavy atom. The quantitative estimate of drug-likeness (QED) is 0.566. The second kappa shape index (κ2) is 8.64. The Bertz CT molecular complexity index is 270. The van der Waals surface area contributed by atoms with E-state index >= 15 is 0 Å². The van der Waals surface area contributed by atoms with Crippen LogP contribution in [0.3, 0.4) is 0 Å². The van der Waals surface area contributed by atoms with E-state index in [1.165, 1.54) is 5.57 Å². The van der Waals surface area contributed by atoms with Crippen LogP contribution in [0.15, 0.2) is 23.8 Å². The normalized spacial score (nSPS) is 15.2. The lowest BCUT2D eigenvalue weighted by Crippen LogP contribution is -2.45. The fraction of sp³-hybridized carbons (Fsp3) is 0.714. The molecule has 0 saturated carbocycles. The highest BCUT2D eigenvalue weighted by Gasteiger charge is 2.39. The lowest BCUT2D eigenvalue weighted by Gasteiger charge is -2.28. The molecule has 0 radical (unpaired) electrons. The lowest BCUT2D eigenvalue weighted by atomic mass is 10.2. The summed E-state index contributed by atoms with van der Waals surface area (Å²) in [6.45, 7) is 7.99. The maximum atomic E-state index is 5.83. The van der Waals surface area contributed by atoms with Crippen LogP contribution in [0.25, 0.3) is 0 Å². The molecule has 0 atom stereocenters. The van der Waals surface area contributed by atoms with Crippen molar-refractivity contribution in [3.8, 4) is 0 Å². The van der Waals surface area contributed by atoms with Crippen LogP contribution < -0.4 is 0 Å². The smallest absolute Gasteiger partial charge is 0.374 e. The molecule has 0 bridgehead atoms. The molecule has 1 rings (SSSR count). The Hall–Kier alpha value is -0.423. The SMILES string of the molecule is CCO[Si](CCCC1=CCC=C1)(OCC)OCC. The van der Waals surface area contributed by atoms with E-state index < -0.39 is 8.80 Å². The summed E-state index contributed by atoms with van der Waals surface area (Å²) in [6.07, 6.45) is 9.95. The summed E-state index contributed by atoms with van der Waals surface area (Å²) in [5.74, 6) is 0. The third-order valence-electron chi connectivity index (χ3n) is 2.89. The van der Waals surface area contributed by atoms with Gasteiger partial charge in [0.25, 0.3) is 0 Å². The first-order valence-electron chi connectivity index (χ1n) is 7.03. The highest BCUT2D eigenvalue weighted by molar-refractivity contribution is 6.60. The zero-order chi connectivity index (χ0) is 13.3. The average Bonchev–Trinajstić information content (AvgIpc) is 2.83. The lowest BCUT2D eigenvalue weighted by molar-refractivity contribution is 0.0709. The summed E-state index contributed by atoms with van der Waals surface area (Å²) in [7, 11) is -2.42. The van der Waals surface area contributed by atoms with Crippen molar-refractivity contribution in [1.29, 1.82) is 0 Å². The first-order valence-corrected chi connectivity index (χ1v) is 8.97. The molecule has 0 aromatic rings. The monoisotopic (exact) mass is 270 g/mol. The van der Waals surface area contributed by atoms with Crippen LogP contribution in [-0.4, -0.2) is 28.6 Å². The minimum Gasteiger partial charge on any atom is -0.374 e. The van der Waals surface area contributed by atoms with Crippen molar-refractivity contribution in [2.24, 2.45) is 0 Å². The summed E-state index contributed by atoms with van der Waals surface area (Å²) in [6, 6.07) is 0.910. The maximum Gasteiger partial charge on any atom is 0.500 e. The Kier molecular flexibility index (Phi) is 7.50. The van der Waals surface area contributed by atoms with Gasteiger partial charge in [0.1, 0.15) is 0 Å². The minimum absolute atomic E-state index is 0.662. The van der Waals surface area contributed by atoms with E-state index in [-0.39, 0.29) is 0 Å². The van der Waals surface area contributed by atoms with E-state index in [0.29, 0.717) is 19.8 Å². The van der Waals surface area contributed by atoms with Crippen molar-refractivity contribution in [1.82, 2.24) is 0 Å². The van der Waals surface area contributed by atoms with Crippen LogP contribution in [0.5, 0.6) is 0 Å². The predicted molar refractivity (Wildman–Crippen MR) is 76.5 cm³/mol. The number of hydrogen-bond acceptors (Lipinski definition) is 3. The summed E-state index contributed by atoms with van der Waals surface area (Å²) in [5.41, 5.74) is 1.43. The highest BCUT2D eigenvalue weighted by atomic mass is 28.4. The van der Waals surface area contributed by atoms with Gasteiger partial charge in [-0.3, -0.25) is 0 Å². The van der Waals surface area contributed by atoms with Gasteiger partial charge in [-0.2, -0.15) is 0 Å². The molecular weight excluding hydrogens is 244 g/mol. The molecule has 0 heterocycles. The standard InChI is InChI=1S/C14H26O3Si/c1-4-15-18(16-5-2,17-6-3)13-9-12-14-10-7-8-11-14/h7,10-11H,4-6,8-9,12-13H2,1-3H3. The molecule has 0 saturated heterocycles. The minimum atomic E-state index is -2.42. The molecule has 0 unspecified atom stereocenters. The number of allylic oxidation sites excluding steroid dienone is 4. The van der Waals surface area contributed by atoms with E-state index in [0.717, 1.165) is 25.3 Å². The fourth-order valence-corrected chi connectivity index (χ4v) is 4.81. The van der Waals surface area contributed by atoms with Gasteiger partial charge in [-0.25, -0.2) is 0 Å². The van der Waals surface area contributed by atoms with Crippen molar-refractivity contribution in [3.63, 3.8) is 0 Å². The summed E-state index contributed by atoms with van der Waals surface area (Å²) < 4.78 is 17.5. The maximum absolute atomic E-state index is 5.83. The molecule has 0 amide bonds. The van der Waals surface area contributed by atoms with Gasteiger partial charge in [-0.05, 0) is 40.0 Å². The van der Waals surface area contributed by atoms with E-state index in [2.05, 4.69) is 18.2 Å². The van der Waals surface area contributed by atoms with Gasteiger partial charge in [-0.1, -0.05) is 23.8 Å². The molecule has 0 spiro atoms. The summed E-state index contributed by atoms with van der Waals surface area (Å²) in [5, 5.41) is 0. The second-order valence-electron chi connectivity index (χ2n) is 4.25. The van der Waals surface area contributed by atoms with Gasteiger partial charge >= 0.3 is 8.80 Å². The fourth-order valence-electron chi connectivity index (χ4n) is 2.20. The Morgan fingerprint density at radius 1 is 1.06 bits per heavy atom. The van der Waals surface area contributed by atoms with Crippen molar-refractivity contribution in [2.75, 3.05) is 19.8 Å². The Labute approximate surface area is 112 Å². The molecule has 0 aromatic heterocycles. The van der Waals surface area contributed by atoms with Gasteiger partial charge in [0.15, 0.2) is 0 Å². The summed E-state index contributed by atoms with van der Waals surface area (Å²) >= 11 is 0. The van der Waals surface area contributed by atoms with Crippen LogP contribution >= 0.6 is 0 Å². The first-order chi connectivity index (χ1) is 8.76. The van der Waals surface area contributed by atoms with Gasteiger partial charge in [0, 0.05) is 25.9 Å². The Balaban J connectivity index is 2.44. The molecule has 1 aliphatic carbocycles. The largest absolute Gasteiger partial charge is 0.500 e. The van der Waals surface area contributed by atoms with E-state index in [4.69, 9.17) is 13.3 Å². The molecule has 1 aliphatic rings. The zero-order valence-corrected chi connectivity index (χ0v) is 12.9. The second-order valence-corrected chi connectivity index (χ2v) is 6.98. The van der Waals surface area contributed by atoms with Crippen molar-refractivity contribution >= 4 is 8.80 Å². The van der Waals surface area contributed by atoms with Crippen LogP contribution in [0.1, 0.15) is 40.0 Å². The molecule has 4 heteroatoms. The third kappa shape index (κ3) is 5.06. The third-order valence-corrected chi connectivity index (χ3v) is 6.04. The molecule has 0 aliphatic heterocycles. The van der Waals surface area contributed by atoms with Crippen molar-refractivity contribution in [2.45, 2.75) is 46.1 Å². The predicted octanol–water partition coefficient (Wildman–Crippen LogP) is 3.70. The first kappa shape index (κ1) is 15.6. The van der Waals surface area contributed by atoms with Crippen molar-refractivity contribution < 1.29 is 13.3 Å². The van der Waals surface area contributed by atoms with Crippen LogP contribution in [0.4, 0.5) is 0 Å². The number of hydrogen-bond donors (Lipinski definition) is 0. The highest BCUT2D eigenvalue weighted by Crippen LogP contribution is 2.23. The molecule has 0 N–H and O–H groups in total. The van der Waals surface area contributed by atoms with Gasteiger partial charge in [0.2, 0.25) is 0 Å². The molecule has 0 aromatic carbocycles. The van der Waals surface area contributed by atoms with Crippen LogP contribution in [-0.2, 0) is 13.3 Å².